The molecule has 0 bridgehead atoms. The molecule has 1 N–H and O–H groups in total. The number of nitrogens with zero attached hydrogens (tertiary/aromatic N) is 1. The Bertz CT molecular complexity index is 830. The summed E-state index contributed by atoms with van der Waals surface area (Å²) in [5.74, 6) is 0.548. The van der Waals surface area contributed by atoms with Crippen LogP contribution in [0.2, 0.25) is 0 Å². The molecule has 0 radical (unpaired) electrons. The summed E-state index contributed by atoms with van der Waals surface area (Å²) in [5, 5.41) is 2.91. The van der Waals surface area contributed by atoms with E-state index in [-0.39, 0.29) is 11.8 Å². The summed E-state index contributed by atoms with van der Waals surface area (Å²) in [7, 11) is 1.58. The average molecular weight is 338 g/mol. The van der Waals surface area contributed by atoms with Crippen molar-refractivity contribution in [2.24, 2.45) is 0 Å². The van der Waals surface area contributed by atoms with E-state index in [1.54, 1.807) is 18.1 Å². The highest BCUT2D eigenvalue weighted by molar-refractivity contribution is 6.06. The fraction of sp³-hybridized carbons (Fsp3) is 0.300. The van der Waals surface area contributed by atoms with E-state index < -0.39 is 0 Å². The first-order valence-electron chi connectivity index (χ1n) is 8.42. The van der Waals surface area contributed by atoms with Gasteiger partial charge in [0.1, 0.15) is 5.75 Å². The van der Waals surface area contributed by atoms with Crippen LogP contribution in [0.3, 0.4) is 0 Å². The minimum absolute atomic E-state index is 0.112. The molecule has 0 aliphatic carbocycles. The number of hydrogen-bond donors (Lipinski definition) is 1. The van der Waals surface area contributed by atoms with Gasteiger partial charge in [-0.2, -0.15) is 0 Å². The van der Waals surface area contributed by atoms with Crippen LogP contribution in [-0.4, -0.2) is 25.5 Å². The minimum atomic E-state index is -0.188. The van der Waals surface area contributed by atoms with Gasteiger partial charge >= 0.3 is 0 Å². The smallest absolute Gasteiger partial charge is 0.255 e. The van der Waals surface area contributed by atoms with Gasteiger partial charge in [0.2, 0.25) is 5.91 Å². The van der Waals surface area contributed by atoms with E-state index in [9.17, 15) is 9.59 Å². The zero-order valence-corrected chi connectivity index (χ0v) is 14.8. The lowest BCUT2D eigenvalue weighted by Crippen LogP contribution is -2.27. The van der Waals surface area contributed by atoms with Crippen LogP contribution in [0.15, 0.2) is 36.4 Å². The molecule has 5 heteroatoms. The third-order valence-corrected chi connectivity index (χ3v) is 4.44. The van der Waals surface area contributed by atoms with Crippen LogP contribution in [0.1, 0.15) is 34.8 Å². The monoisotopic (exact) mass is 338 g/mol. The molecule has 0 unspecified atom stereocenters. The van der Waals surface area contributed by atoms with Gasteiger partial charge in [-0.15, -0.1) is 0 Å². The Hall–Kier alpha value is -2.82. The SMILES string of the molecule is CCC(=O)N1CCc2cc(C(=O)Nc3cc(C)ccc3OC)ccc21. The van der Waals surface area contributed by atoms with Crippen LogP contribution in [0.4, 0.5) is 11.4 Å². The van der Waals surface area contributed by atoms with Gasteiger partial charge in [0.25, 0.3) is 5.91 Å². The Balaban J connectivity index is 1.83. The number of ether oxygens (including phenoxy) is 1. The van der Waals surface area contributed by atoms with Crippen LogP contribution in [0.25, 0.3) is 0 Å². The summed E-state index contributed by atoms with van der Waals surface area (Å²) in [4.78, 5) is 26.4. The van der Waals surface area contributed by atoms with Crippen molar-refractivity contribution in [2.75, 3.05) is 23.9 Å². The summed E-state index contributed by atoms with van der Waals surface area (Å²) in [6.45, 7) is 4.50. The predicted octanol–water partition coefficient (Wildman–Crippen LogP) is 3.56. The quantitative estimate of drug-likeness (QED) is 0.927. The highest BCUT2D eigenvalue weighted by Gasteiger charge is 2.24. The normalized spacial score (nSPS) is 12.7. The Morgan fingerprint density at radius 1 is 1.20 bits per heavy atom. The molecule has 0 aromatic heterocycles. The van der Waals surface area contributed by atoms with Crippen LogP contribution in [0, 0.1) is 6.92 Å². The van der Waals surface area contributed by atoms with Crippen LogP contribution >= 0.6 is 0 Å². The van der Waals surface area contributed by atoms with Crippen molar-refractivity contribution in [3.8, 4) is 5.75 Å². The molecule has 130 valence electrons. The van der Waals surface area contributed by atoms with Crippen molar-refractivity contribution in [1.82, 2.24) is 0 Å². The van der Waals surface area contributed by atoms with Gasteiger partial charge in [0, 0.05) is 24.2 Å². The standard InChI is InChI=1S/C20H22N2O3/c1-4-19(23)22-10-9-14-12-15(6-7-17(14)22)20(24)21-16-11-13(2)5-8-18(16)25-3/h5-8,11-12H,4,9-10H2,1-3H3,(H,21,24). The fourth-order valence-corrected chi connectivity index (χ4v) is 3.11. The topological polar surface area (TPSA) is 58.6 Å². The Morgan fingerprint density at radius 2 is 2.00 bits per heavy atom. The molecule has 5 nitrogen and oxygen atoms in total. The van der Waals surface area contributed by atoms with E-state index in [0.717, 1.165) is 23.2 Å². The molecular formula is C20H22N2O3. The maximum absolute atomic E-state index is 12.6. The van der Waals surface area contributed by atoms with Gasteiger partial charge in [-0.25, -0.2) is 0 Å². The summed E-state index contributed by atoms with van der Waals surface area (Å²) >= 11 is 0. The van der Waals surface area contributed by atoms with Crippen molar-refractivity contribution < 1.29 is 14.3 Å². The largest absolute Gasteiger partial charge is 0.495 e. The number of methoxy groups -OCH3 is 1. The second kappa shape index (κ2) is 6.97. The number of fused-ring (bicyclic) bond motifs is 1. The van der Waals surface area contributed by atoms with E-state index in [4.69, 9.17) is 4.74 Å². The molecule has 1 aliphatic rings. The second-order valence-electron chi connectivity index (χ2n) is 6.15. The minimum Gasteiger partial charge on any atom is -0.495 e. The first-order chi connectivity index (χ1) is 12.0. The number of nitrogens with one attached hydrogen (secondary N) is 1. The third kappa shape index (κ3) is 3.36. The molecular weight excluding hydrogens is 316 g/mol. The van der Waals surface area contributed by atoms with Crippen LogP contribution < -0.4 is 15.0 Å². The van der Waals surface area contributed by atoms with E-state index in [1.807, 2.05) is 44.2 Å². The summed E-state index contributed by atoms with van der Waals surface area (Å²) in [6, 6.07) is 11.1. The molecule has 3 rings (SSSR count). The maximum atomic E-state index is 12.6. The highest BCUT2D eigenvalue weighted by Crippen LogP contribution is 2.30. The molecule has 0 fully saturated rings. The first kappa shape index (κ1) is 17.0. The van der Waals surface area contributed by atoms with Crippen molar-refractivity contribution in [2.45, 2.75) is 26.7 Å². The number of aryl methyl sites for hydroxylation is 1. The molecule has 0 saturated heterocycles. The summed E-state index contributed by atoms with van der Waals surface area (Å²) < 4.78 is 5.30. The fourth-order valence-electron chi connectivity index (χ4n) is 3.11. The molecule has 0 spiro atoms. The first-order valence-corrected chi connectivity index (χ1v) is 8.42. The number of benzene rings is 2. The van der Waals surface area contributed by atoms with Gasteiger partial charge in [-0.1, -0.05) is 13.0 Å². The number of carbonyl (C=O) groups is 2. The average Bonchev–Trinajstić information content (AvgIpc) is 3.04. The lowest BCUT2D eigenvalue weighted by molar-refractivity contribution is -0.118. The van der Waals surface area contributed by atoms with Gasteiger partial charge in [0.05, 0.1) is 12.8 Å². The van der Waals surface area contributed by atoms with Crippen molar-refractivity contribution in [3.63, 3.8) is 0 Å². The zero-order valence-electron chi connectivity index (χ0n) is 14.8. The van der Waals surface area contributed by atoms with Gasteiger partial charge in [-0.3, -0.25) is 9.59 Å². The number of hydrogen-bond acceptors (Lipinski definition) is 3. The third-order valence-electron chi connectivity index (χ3n) is 4.44. The van der Waals surface area contributed by atoms with E-state index in [0.29, 0.717) is 30.0 Å². The Kier molecular flexibility index (Phi) is 4.74. The molecule has 1 aliphatic heterocycles. The highest BCUT2D eigenvalue weighted by atomic mass is 16.5. The number of rotatable bonds is 4. The molecule has 0 atom stereocenters. The second-order valence-corrected chi connectivity index (χ2v) is 6.15. The van der Waals surface area contributed by atoms with Crippen LogP contribution in [-0.2, 0) is 11.2 Å². The van der Waals surface area contributed by atoms with Gasteiger partial charge < -0.3 is 15.0 Å². The number of carbonyl (C=O) groups excluding carboxylic acids is 2. The molecule has 2 aromatic carbocycles. The Morgan fingerprint density at radius 3 is 2.72 bits per heavy atom. The van der Waals surface area contributed by atoms with Gasteiger partial charge in [-0.05, 0) is 54.8 Å². The van der Waals surface area contributed by atoms with E-state index >= 15 is 0 Å². The van der Waals surface area contributed by atoms with Crippen molar-refractivity contribution in [1.29, 1.82) is 0 Å². The number of amides is 2. The number of anilines is 2. The van der Waals surface area contributed by atoms with Crippen LogP contribution in [0.5, 0.6) is 5.75 Å². The predicted molar refractivity (Wildman–Crippen MR) is 98.5 cm³/mol. The molecule has 1 heterocycles. The Labute approximate surface area is 147 Å². The van der Waals surface area contributed by atoms with Gasteiger partial charge in [0.15, 0.2) is 0 Å². The summed E-state index contributed by atoms with van der Waals surface area (Å²) in [5.41, 5.74) is 4.21. The lowest BCUT2D eigenvalue weighted by Gasteiger charge is -2.16. The molecule has 2 aromatic rings. The lowest BCUT2D eigenvalue weighted by atomic mass is 10.1. The zero-order chi connectivity index (χ0) is 18.0. The van der Waals surface area contributed by atoms with E-state index in [2.05, 4.69) is 5.32 Å². The maximum Gasteiger partial charge on any atom is 0.255 e. The molecule has 25 heavy (non-hydrogen) atoms. The van der Waals surface area contributed by atoms with Crippen molar-refractivity contribution in [3.05, 3.63) is 53.1 Å². The molecule has 2 amide bonds. The molecule has 0 saturated carbocycles. The van der Waals surface area contributed by atoms with Crippen molar-refractivity contribution >= 4 is 23.2 Å². The van der Waals surface area contributed by atoms with E-state index in [1.165, 1.54) is 0 Å². The summed E-state index contributed by atoms with van der Waals surface area (Å²) in [6.07, 6.45) is 1.25.